The predicted molar refractivity (Wildman–Crippen MR) is 229 cm³/mol. The molecule has 0 saturated heterocycles. The first-order valence-electron chi connectivity index (χ1n) is 18.4. The van der Waals surface area contributed by atoms with Crippen molar-refractivity contribution in [3.8, 4) is 33.6 Å². The molecule has 0 aliphatic heterocycles. The van der Waals surface area contributed by atoms with Crippen molar-refractivity contribution in [1.82, 2.24) is 9.97 Å². The van der Waals surface area contributed by atoms with E-state index in [0.29, 0.717) is 0 Å². The van der Waals surface area contributed by atoms with Crippen LogP contribution in [0.5, 0.6) is 0 Å². The summed E-state index contributed by atoms with van der Waals surface area (Å²) in [6.07, 6.45) is 6.26. The molecule has 0 N–H and O–H groups in total. The monoisotopic (exact) mass is 909 g/mol. The maximum absolute atomic E-state index is 4.82. The number of rotatable bonds is 6. The van der Waals surface area contributed by atoms with Crippen LogP contribution in [-0.4, -0.2) is 18.0 Å². The first kappa shape index (κ1) is 40.5. The summed E-state index contributed by atoms with van der Waals surface area (Å²) in [5, 5.41) is 4.07. The Labute approximate surface area is 336 Å². The van der Waals surface area contributed by atoms with Gasteiger partial charge in [-0.3, -0.25) is 0 Å². The van der Waals surface area contributed by atoms with Crippen LogP contribution < -0.4 is 5.19 Å². The van der Waals surface area contributed by atoms with E-state index < -0.39 is 8.07 Å². The molecule has 0 saturated carbocycles. The largest absolute Gasteiger partial charge is 0.305 e. The van der Waals surface area contributed by atoms with E-state index in [1.165, 1.54) is 53.2 Å². The van der Waals surface area contributed by atoms with Crippen LogP contribution in [0.25, 0.3) is 53.8 Å². The van der Waals surface area contributed by atoms with Crippen LogP contribution in [0.3, 0.4) is 0 Å². The number of aromatic nitrogens is 2. The second-order valence-electron chi connectivity index (χ2n) is 17.5. The fourth-order valence-corrected chi connectivity index (χ4v) is 9.77. The van der Waals surface area contributed by atoms with Gasteiger partial charge in [0.05, 0.1) is 8.07 Å². The summed E-state index contributed by atoms with van der Waals surface area (Å²) in [4.78, 5) is 9.53. The Morgan fingerprint density at radius 2 is 1.28 bits per heavy atom. The molecule has 1 radical (unpaired) electrons. The molecule has 7 aromatic rings. The first-order valence-corrected chi connectivity index (χ1v) is 22.7. The first-order chi connectivity index (χ1) is 24.6. The summed E-state index contributed by atoms with van der Waals surface area (Å²) in [5.41, 5.74) is 11.4. The molecule has 3 aromatic heterocycles. The summed E-state index contributed by atoms with van der Waals surface area (Å²) in [7, 11) is -1.37. The van der Waals surface area contributed by atoms with Crippen LogP contribution in [0, 0.1) is 29.9 Å². The molecule has 7 rings (SSSR count). The number of fused-ring (bicyclic) bond motifs is 3. The van der Waals surface area contributed by atoms with Gasteiger partial charge in [-0.25, -0.2) is 0 Å². The summed E-state index contributed by atoms with van der Waals surface area (Å²) in [6.45, 7) is 23.1. The second-order valence-corrected chi connectivity index (χ2v) is 23.5. The fraction of sp³-hybridized carbons (Fsp3) is 0.292. The standard InChI is InChI=1S/C29H26NS.C19H26NSi.Ir/c1-19-18-30-26(16-21(19)17-29(2,3)4)25-15-9-14-24-23-13-8-12-22(27(23)31-28(24)25)20-10-6-5-7-11-20;1-19(2,3)13-16-12-17(15-10-8-7-9-11-15)20-14-18(16)21(4,5)6;/h5-14,16,18H,17H2,1-4H3;7-10,12,14H,13H2,1-6H3;/q2*-1;. The van der Waals surface area contributed by atoms with Gasteiger partial charge in [0.2, 0.25) is 0 Å². The molecule has 0 aliphatic carbocycles. The molecule has 0 fully saturated rings. The topological polar surface area (TPSA) is 25.8 Å². The Bertz CT molecular complexity index is 2310. The molecule has 3 heterocycles. The van der Waals surface area contributed by atoms with E-state index in [1.54, 1.807) is 0 Å². The number of hydrogen-bond donors (Lipinski definition) is 0. The van der Waals surface area contributed by atoms with E-state index in [0.717, 1.165) is 35.4 Å². The molecule has 0 unspecified atom stereocenters. The SMILES string of the molecule is CC(C)(C)Cc1cc(-c2[c-]cccc2)ncc1[Si](C)(C)C.Cc1cnc(-c2[c-]ccc3c2sc2c(-c4ccccc4)cccc23)cc1CC(C)(C)C.[Ir]. The molecule has 0 aliphatic rings. The third-order valence-corrected chi connectivity index (χ3v) is 12.6. The number of thiophene rings is 1. The van der Waals surface area contributed by atoms with Crippen LogP contribution in [0.15, 0.2) is 109 Å². The van der Waals surface area contributed by atoms with Crippen LogP contribution in [-0.2, 0) is 32.9 Å². The number of aryl methyl sites for hydroxylation is 1. The van der Waals surface area contributed by atoms with Crippen LogP contribution in [0.4, 0.5) is 0 Å². The Morgan fingerprint density at radius 3 is 1.94 bits per heavy atom. The van der Waals surface area contributed by atoms with Gasteiger partial charge in [-0.2, -0.15) is 11.3 Å². The third-order valence-electron chi connectivity index (χ3n) is 9.24. The number of pyridine rings is 2. The zero-order chi connectivity index (χ0) is 37.3. The molecule has 275 valence electrons. The molecule has 5 heteroatoms. The van der Waals surface area contributed by atoms with E-state index in [9.17, 15) is 0 Å². The number of hydrogen-bond acceptors (Lipinski definition) is 3. The van der Waals surface area contributed by atoms with Crippen molar-refractivity contribution in [2.45, 2.75) is 80.9 Å². The Morgan fingerprint density at radius 1 is 0.642 bits per heavy atom. The Balaban J connectivity index is 0.000000216. The quantitative estimate of drug-likeness (QED) is 0.123. The normalized spacial score (nSPS) is 12.0. The summed E-state index contributed by atoms with van der Waals surface area (Å²) in [6, 6.07) is 40.9. The minimum atomic E-state index is -1.37. The molecule has 2 nitrogen and oxygen atoms in total. The maximum Gasteiger partial charge on any atom is 0.0798 e. The minimum absolute atomic E-state index is 0. The van der Waals surface area contributed by atoms with Gasteiger partial charge in [0, 0.05) is 37.2 Å². The fourth-order valence-electron chi connectivity index (χ4n) is 6.85. The third kappa shape index (κ3) is 9.88. The van der Waals surface area contributed by atoms with Crippen molar-refractivity contribution >= 4 is 44.8 Å². The van der Waals surface area contributed by atoms with Gasteiger partial charge in [-0.05, 0) is 73.9 Å². The average molecular weight is 909 g/mol. The van der Waals surface area contributed by atoms with Crippen molar-refractivity contribution in [2.24, 2.45) is 10.8 Å². The van der Waals surface area contributed by atoms with E-state index >= 15 is 0 Å². The van der Waals surface area contributed by atoms with Gasteiger partial charge in [0.25, 0.3) is 0 Å². The van der Waals surface area contributed by atoms with E-state index in [-0.39, 0.29) is 30.9 Å². The maximum atomic E-state index is 4.82. The van der Waals surface area contributed by atoms with Gasteiger partial charge in [-0.1, -0.05) is 138 Å². The van der Waals surface area contributed by atoms with Gasteiger partial charge in [0.15, 0.2) is 0 Å². The molecule has 0 amide bonds. The molecule has 4 aromatic carbocycles. The molecule has 53 heavy (non-hydrogen) atoms. The van der Waals surface area contributed by atoms with Gasteiger partial charge >= 0.3 is 0 Å². The van der Waals surface area contributed by atoms with Crippen molar-refractivity contribution < 1.29 is 20.1 Å². The van der Waals surface area contributed by atoms with Crippen LogP contribution in [0.2, 0.25) is 19.6 Å². The van der Waals surface area contributed by atoms with E-state index in [4.69, 9.17) is 9.97 Å². The van der Waals surface area contributed by atoms with Crippen molar-refractivity contribution in [3.05, 3.63) is 138 Å². The molecule has 0 bridgehead atoms. The smallest absolute Gasteiger partial charge is 0.0798 e. The zero-order valence-electron chi connectivity index (χ0n) is 32.9. The predicted octanol–water partition coefficient (Wildman–Crippen LogP) is 13.2. The zero-order valence-corrected chi connectivity index (χ0v) is 37.2. The van der Waals surface area contributed by atoms with E-state index in [1.807, 2.05) is 41.8 Å². The van der Waals surface area contributed by atoms with Gasteiger partial charge < -0.3 is 9.97 Å². The molecule has 0 atom stereocenters. The summed E-state index contributed by atoms with van der Waals surface area (Å²) in [5.74, 6) is 0. The van der Waals surface area contributed by atoms with Gasteiger partial charge in [-0.15, -0.1) is 59.7 Å². The Kier molecular flexibility index (Phi) is 12.5. The molecule has 0 spiro atoms. The molecular weight excluding hydrogens is 857 g/mol. The molecular formula is C48H52IrN2SSi-2. The summed E-state index contributed by atoms with van der Waals surface area (Å²) < 4.78 is 2.59. The van der Waals surface area contributed by atoms with Crippen molar-refractivity contribution in [3.63, 3.8) is 0 Å². The minimum Gasteiger partial charge on any atom is -0.305 e. The average Bonchev–Trinajstić information content (AvgIpc) is 3.48. The second kappa shape index (κ2) is 16.3. The number of nitrogens with zero attached hydrogens (tertiary/aromatic N) is 2. The van der Waals surface area contributed by atoms with Crippen LogP contribution in [0.1, 0.15) is 58.2 Å². The van der Waals surface area contributed by atoms with Crippen molar-refractivity contribution in [1.29, 1.82) is 0 Å². The van der Waals surface area contributed by atoms with Gasteiger partial charge in [0.1, 0.15) is 0 Å². The van der Waals surface area contributed by atoms with E-state index in [2.05, 4.69) is 159 Å². The number of benzene rings is 4. The Hall–Kier alpha value is -3.73. The van der Waals surface area contributed by atoms with Crippen LogP contribution >= 0.6 is 11.3 Å². The summed E-state index contributed by atoms with van der Waals surface area (Å²) >= 11 is 1.86. The van der Waals surface area contributed by atoms with Crippen molar-refractivity contribution in [2.75, 3.05) is 0 Å².